The van der Waals surface area contributed by atoms with Crippen LogP contribution in [0.5, 0.6) is 0 Å². The summed E-state index contributed by atoms with van der Waals surface area (Å²) in [5.74, 6) is 0. The molecule has 0 fully saturated rings. The van der Waals surface area contributed by atoms with Crippen LogP contribution in [0.2, 0.25) is 0 Å². The Labute approximate surface area is 248 Å². The Balaban J connectivity index is 4.04. The second-order valence-corrected chi connectivity index (χ2v) is 12.7. The predicted octanol–water partition coefficient (Wildman–Crippen LogP) is 12.7. The van der Waals surface area contributed by atoms with Crippen LogP contribution >= 0.6 is 12.8 Å². The van der Waals surface area contributed by atoms with Gasteiger partial charge in [0.25, 0.3) is 0 Å². The van der Waals surface area contributed by atoms with Gasteiger partial charge in [-0.1, -0.05) is 201 Å². The van der Waals surface area contributed by atoms with Crippen LogP contribution in [-0.4, -0.2) is 29.1 Å². The number of rotatable bonds is 33. The molecule has 0 heterocycles. The zero-order chi connectivity index (χ0) is 27.8. The molecule has 230 valence electrons. The highest BCUT2D eigenvalue weighted by molar-refractivity contribution is 7.77. The molecule has 0 spiro atoms. The third-order valence-corrected chi connectivity index (χ3v) is 8.78. The van der Waals surface area contributed by atoms with Crippen LogP contribution in [0, 0.1) is 0 Å². The maximum absolute atomic E-state index is 4.97. The van der Waals surface area contributed by atoms with E-state index in [0.29, 0.717) is 0 Å². The fourth-order valence-corrected chi connectivity index (χ4v) is 5.93. The first kappa shape index (κ1) is 38.3. The predicted molar refractivity (Wildman–Crippen MR) is 178 cm³/mol. The van der Waals surface area contributed by atoms with Crippen LogP contribution in [0.25, 0.3) is 0 Å². The van der Waals surface area contributed by atoms with Crippen molar-refractivity contribution in [3.05, 3.63) is 0 Å². The number of thiol groups is 1. The van der Waals surface area contributed by atoms with Gasteiger partial charge in [-0.2, -0.15) is 4.41 Å². The summed E-state index contributed by atoms with van der Waals surface area (Å²) in [6.07, 6.45) is 40.9. The van der Waals surface area contributed by atoms with Crippen LogP contribution in [0.15, 0.2) is 0 Å². The average Bonchev–Trinajstić information content (AvgIpc) is 2.92. The molecule has 0 aliphatic carbocycles. The maximum atomic E-state index is 4.97. The first-order valence-electron chi connectivity index (χ1n) is 18.0. The van der Waals surface area contributed by atoms with Crippen LogP contribution in [0.4, 0.5) is 0 Å². The van der Waals surface area contributed by atoms with Gasteiger partial charge in [-0.25, -0.2) is 5.01 Å². The third kappa shape index (κ3) is 29.3. The molecule has 2 nitrogen and oxygen atoms in total. The molecule has 0 aromatic heterocycles. The van der Waals surface area contributed by atoms with Crippen molar-refractivity contribution >= 4 is 12.8 Å². The van der Waals surface area contributed by atoms with Crippen molar-refractivity contribution < 1.29 is 0 Å². The summed E-state index contributed by atoms with van der Waals surface area (Å²) in [6.45, 7) is 10.4. The topological polar surface area (TPSA) is 6.48 Å². The van der Waals surface area contributed by atoms with E-state index >= 15 is 0 Å². The third-order valence-electron chi connectivity index (χ3n) is 8.33. The minimum atomic E-state index is 1.12. The molecular formula is C35H74N2S. The highest BCUT2D eigenvalue weighted by Gasteiger charge is 2.11. The van der Waals surface area contributed by atoms with Gasteiger partial charge >= 0.3 is 0 Å². The van der Waals surface area contributed by atoms with Crippen molar-refractivity contribution in [1.82, 2.24) is 9.42 Å². The molecule has 0 unspecified atom stereocenters. The number of hydrogen-bond acceptors (Lipinski definition) is 3. The molecule has 0 radical (unpaired) electrons. The van der Waals surface area contributed by atoms with Gasteiger partial charge < -0.3 is 0 Å². The van der Waals surface area contributed by atoms with Gasteiger partial charge in [-0.3, -0.25) is 0 Å². The van der Waals surface area contributed by atoms with Crippen molar-refractivity contribution in [2.24, 2.45) is 0 Å². The lowest BCUT2D eigenvalue weighted by Crippen LogP contribution is -2.38. The summed E-state index contributed by atoms with van der Waals surface area (Å²) in [6, 6.07) is 0. The zero-order valence-electron chi connectivity index (χ0n) is 27.0. The monoisotopic (exact) mass is 555 g/mol. The van der Waals surface area contributed by atoms with E-state index in [9.17, 15) is 0 Å². The fraction of sp³-hybridized carbons (Fsp3) is 1.00. The van der Waals surface area contributed by atoms with Crippen LogP contribution in [-0.2, 0) is 0 Å². The summed E-state index contributed by atoms with van der Waals surface area (Å²) >= 11 is 4.97. The van der Waals surface area contributed by atoms with Crippen molar-refractivity contribution in [3.63, 3.8) is 0 Å². The second kappa shape index (κ2) is 33.5. The van der Waals surface area contributed by atoms with Crippen LogP contribution < -0.4 is 0 Å². The van der Waals surface area contributed by atoms with Crippen LogP contribution in [0.1, 0.15) is 207 Å². The van der Waals surface area contributed by atoms with E-state index in [1.54, 1.807) is 0 Å². The fourth-order valence-electron chi connectivity index (χ4n) is 5.61. The highest BCUT2D eigenvalue weighted by atomic mass is 32.1. The molecule has 0 bridgehead atoms. The number of hydrogen-bond donors (Lipinski definition) is 1. The van der Waals surface area contributed by atoms with E-state index in [0.717, 1.165) is 6.54 Å². The van der Waals surface area contributed by atoms with Crippen molar-refractivity contribution in [2.45, 2.75) is 207 Å². The van der Waals surface area contributed by atoms with Gasteiger partial charge in [0.05, 0.1) is 0 Å². The lowest BCUT2D eigenvalue weighted by Gasteiger charge is -2.31. The van der Waals surface area contributed by atoms with Gasteiger partial charge in [0, 0.05) is 19.6 Å². The lowest BCUT2D eigenvalue weighted by molar-refractivity contribution is 0.0672. The number of nitrogens with zero attached hydrogens (tertiary/aromatic N) is 2. The molecule has 0 rings (SSSR count). The molecule has 0 saturated heterocycles. The summed E-state index contributed by atoms with van der Waals surface area (Å²) in [5.41, 5.74) is 0. The quantitative estimate of drug-likeness (QED) is 0.0489. The largest absolute Gasteiger partial charge is 0.232 e. The smallest absolute Gasteiger partial charge is 0.0244 e. The molecule has 0 saturated carbocycles. The SMILES string of the molecule is CCCCCCCCCCCCN(S)N(CCCCCCCCCCC)CCCCCCCCCCCC. The molecule has 0 amide bonds. The van der Waals surface area contributed by atoms with E-state index in [-0.39, 0.29) is 0 Å². The van der Waals surface area contributed by atoms with E-state index < -0.39 is 0 Å². The molecule has 0 aliphatic rings. The van der Waals surface area contributed by atoms with Gasteiger partial charge in [0.1, 0.15) is 0 Å². The van der Waals surface area contributed by atoms with Gasteiger partial charge in [0.2, 0.25) is 0 Å². The minimum Gasteiger partial charge on any atom is -0.232 e. The molecule has 0 N–H and O–H groups in total. The van der Waals surface area contributed by atoms with Crippen molar-refractivity contribution in [1.29, 1.82) is 0 Å². The normalized spacial score (nSPS) is 11.8. The van der Waals surface area contributed by atoms with E-state index in [4.69, 9.17) is 12.8 Å². The molecular weight excluding hydrogens is 480 g/mol. The standard InChI is InChI=1S/C35H74N2S/c1-4-7-10-13-16-19-22-25-28-31-34-36(33-30-27-24-21-18-15-12-9-6-3)37(38)35-32-29-26-23-20-17-14-11-8-5-2/h38H,4-35H2,1-3H3. The molecule has 3 heteroatoms. The second-order valence-electron chi connectivity index (χ2n) is 12.2. The Morgan fingerprint density at radius 3 is 0.763 bits per heavy atom. The van der Waals surface area contributed by atoms with Crippen molar-refractivity contribution in [2.75, 3.05) is 19.6 Å². The molecule has 0 aliphatic heterocycles. The van der Waals surface area contributed by atoms with Crippen molar-refractivity contribution in [3.8, 4) is 0 Å². The summed E-state index contributed by atoms with van der Waals surface area (Å²) in [4.78, 5) is 0. The Kier molecular flexibility index (Phi) is 33.7. The van der Waals surface area contributed by atoms with Gasteiger partial charge in [-0.15, -0.1) is 0 Å². The Morgan fingerprint density at radius 1 is 0.289 bits per heavy atom. The highest BCUT2D eigenvalue weighted by Crippen LogP contribution is 2.16. The van der Waals surface area contributed by atoms with Crippen LogP contribution in [0.3, 0.4) is 0 Å². The number of hydrazine groups is 1. The van der Waals surface area contributed by atoms with Gasteiger partial charge in [-0.05, 0) is 19.3 Å². The first-order valence-corrected chi connectivity index (χ1v) is 18.4. The molecule has 38 heavy (non-hydrogen) atoms. The minimum absolute atomic E-state index is 1.12. The first-order chi connectivity index (χ1) is 18.8. The van der Waals surface area contributed by atoms with E-state index in [2.05, 4.69) is 30.2 Å². The molecule has 0 aromatic rings. The Hall–Kier alpha value is 0.270. The van der Waals surface area contributed by atoms with Gasteiger partial charge in [0.15, 0.2) is 0 Å². The molecule has 0 atom stereocenters. The molecule has 0 aromatic carbocycles. The average molecular weight is 555 g/mol. The maximum Gasteiger partial charge on any atom is 0.0244 e. The lowest BCUT2D eigenvalue weighted by atomic mass is 10.1. The summed E-state index contributed by atoms with van der Waals surface area (Å²) in [7, 11) is 0. The summed E-state index contributed by atoms with van der Waals surface area (Å²) in [5, 5.41) is 2.59. The Bertz CT molecular complexity index is 417. The van der Waals surface area contributed by atoms with E-state index in [1.807, 2.05) is 0 Å². The number of unbranched alkanes of at least 4 members (excludes halogenated alkanes) is 26. The van der Waals surface area contributed by atoms with E-state index in [1.165, 1.54) is 199 Å². The summed E-state index contributed by atoms with van der Waals surface area (Å²) < 4.78 is 2.29. The Morgan fingerprint density at radius 2 is 0.500 bits per heavy atom. The zero-order valence-corrected chi connectivity index (χ0v) is 27.9.